The molecule has 2 aromatic carbocycles. The molecule has 0 bridgehead atoms. The van der Waals surface area contributed by atoms with Crippen LogP contribution in [0.3, 0.4) is 0 Å². The molecular weight excluding hydrogens is 539 g/mol. The fourth-order valence-electron chi connectivity index (χ4n) is 2.96. The van der Waals surface area contributed by atoms with Crippen LogP contribution in [0, 0.1) is 6.92 Å². The summed E-state index contributed by atoms with van der Waals surface area (Å²) in [4.78, 5) is 50.2. The lowest BCUT2D eigenvalue weighted by atomic mass is 10.1. The first-order valence-electron chi connectivity index (χ1n) is 9.57. The molecule has 2 aromatic rings. The number of carbonyl (C=O) groups is 4. The number of carbonyl (C=O) groups excluding carboxylic acids is 4. The van der Waals surface area contributed by atoms with Crippen molar-refractivity contribution < 1.29 is 28.7 Å². The molecule has 1 fully saturated rings. The molecule has 0 spiro atoms. The minimum absolute atomic E-state index is 0.0510. The van der Waals surface area contributed by atoms with Crippen molar-refractivity contribution in [2.75, 3.05) is 18.1 Å². The predicted molar refractivity (Wildman–Crippen MR) is 126 cm³/mol. The number of urea groups is 1. The zero-order chi connectivity index (χ0) is 24.3. The molecular formula is C22H17BrCl2N2O6. The van der Waals surface area contributed by atoms with Crippen LogP contribution in [0.4, 0.5) is 10.5 Å². The highest BCUT2D eigenvalue weighted by molar-refractivity contribution is 9.10. The largest absolute Gasteiger partial charge is 0.479 e. The minimum atomic E-state index is -0.859. The molecule has 3 rings (SSSR count). The Balaban J connectivity index is 1.91. The molecule has 0 unspecified atom stereocenters. The number of halogens is 3. The normalized spacial score (nSPS) is 15.0. The lowest BCUT2D eigenvalue weighted by Crippen LogP contribution is -2.54. The van der Waals surface area contributed by atoms with Gasteiger partial charge in [0.1, 0.15) is 5.57 Å². The molecule has 0 radical (unpaired) electrons. The van der Waals surface area contributed by atoms with E-state index >= 15 is 0 Å². The molecule has 11 heteroatoms. The first-order valence-corrected chi connectivity index (χ1v) is 11.1. The number of aryl methyl sites for hydroxylation is 1. The van der Waals surface area contributed by atoms with E-state index in [4.69, 9.17) is 32.7 Å². The van der Waals surface area contributed by atoms with Crippen molar-refractivity contribution in [3.8, 4) is 5.75 Å². The molecule has 0 aliphatic carbocycles. The Labute approximate surface area is 207 Å². The molecule has 1 aliphatic heterocycles. The Bertz CT molecular complexity index is 1170. The number of esters is 1. The van der Waals surface area contributed by atoms with E-state index in [1.165, 1.54) is 18.2 Å². The van der Waals surface area contributed by atoms with Crippen molar-refractivity contribution >= 4 is 74.7 Å². The maximum Gasteiger partial charge on any atom is 0.344 e. The van der Waals surface area contributed by atoms with Gasteiger partial charge in [-0.15, -0.1) is 0 Å². The zero-order valence-corrected chi connectivity index (χ0v) is 20.5. The van der Waals surface area contributed by atoms with Crippen molar-refractivity contribution in [2.24, 2.45) is 0 Å². The van der Waals surface area contributed by atoms with E-state index in [2.05, 4.69) is 21.2 Å². The Morgan fingerprint density at radius 1 is 1.15 bits per heavy atom. The first-order chi connectivity index (χ1) is 15.6. The van der Waals surface area contributed by atoms with E-state index in [0.29, 0.717) is 11.3 Å². The summed E-state index contributed by atoms with van der Waals surface area (Å²) in [6.45, 7) is 3.27. The molecule has 1 heterocycles. The smallest absolute Gasteiger partial charge is 0.344 e. The van der Waals surface area contributed by atoms with E-state index in [0.717, 1.165) is 14.9 Å². The van der Waals surface area contributed by atoms with Crippen LogP contribution in [0.15, 0.2) is 40.4 Å². The van der Waals surface area contributed by atoms with E-state index in [-0.39, 0.29) is 28.0 Å². The predicted octanol–water partition coefficient (Wildman–Crippen LogP) is 4.67. The van der Waals surface area contributed by atoms with Crippen molar-refractivity contribution in [2.45, 2.75) is 13.8 Å². The summed E-state index contributed by atoms with van der Waals surface area (Å²) in [5.74, 6) is -2.20. The Kier molecular flexibility index (Phi) is 7.78. The van der Waals surface area contributed by atoms with Crippen LogP contribution in [-0.4, -0.2) is 37.0 Å². The third kappa shape index (κ3) is 5.55. The summed E-state index contributed by atoms with van der Waals surface area (Å²) in [6.07, 6.45) is 1.26. The van der Waals surface area contributed by atoms with Crippen molar-refractivity contribution in [3.05, 3.63) is 61.5 Å². The maximum absolute atomic E-state index is 13.0. The van der Waals surface area contributed by atoms with Gasteiger partial charge in [-0.1, -0.05) is 39.1 Å². The summed E-state index contributed by atoms with van der Waals surface area (Å²) in [5, 5.41) is 2.26. The Morgan fingerprint density at radius 2 is 1.82 bits per heavy atom. The van der Waals surface area contributed by atoms with Crippen LogP contribution in [0.2, 0.25) is 10.0 Å². The van der Waals surface area contributed by atoms with Crippen LogP contribution in [0.1, 0.15) is 18.1 Å². The van der Waals surface area contributed by atoms with Gasteiger partial charge in [0.05, 0.1) is 22.3 Å². The van der Waals surface area contributed by atoms with E-state index < -0.39 is 30.4 Å². The lowest BCUT2D eigenvalue weighted by Gasteiger charge is -2.26. The summed E-state index contributed by atoms with van der Waals surface area (Å²) in [5.41, 5.74) is 1.12. The molecule has 33 heavy (non-hydrogen) atoms. The number of imide groups is 2. The second-order valence-corrected chi connectivity index (χ2v) is 8.47. The van der Waals surface area contributed by atoms with Crippen molar-refractivity contribution in [3.63, 3.8) is 0 Å². The Morgan fingerprint density at radius 3 is 2.42 bits per heavy atom. The highest BCUT2D eigenvalue weighted by atomic mass is 79.9. The zero-order valence-electron chi connectivity index (χ0n) is 17.4. The van der Waals surface area contributed by atoms with Crippen LogP contribution >= 0.6 is 39.1 Å². The van der Waals surface area contributed by atoms with Gasteiger partial charge in [0, 0.05) is 4.47 Å². The quantitative estimate of drug-likeness (QED) is 0.315. The number of benzene rings is 2. The monoisotopic (exact) mass is 554 g/mol. The van der Waals surface area contributed by atoms with Crippen LogP contribution < -0.4 is 15.0 Å². The fraction of sp³-hybridized carbons (Fsp3) is 0.182. The van der Waals surface area contributed by atoms with Crippen LogP contribution in [-0.2, 0) is 19.1 Å². The highest BCUT2D eigenvalue weighted by Crippen LogP contribution is 2.35. The van der Waals surface area contributed by atoms with Gasteiger partial charge >= 0.3 is 12.0 Å². The average Bonchev–Trinajstić information content (AvgIpc) is 2.73. The van der Waals surface area contributed by atoms with Gasteiger partial charge < -0.3 is 9.47 Å². The number of rotatable bonds is 6. The number of anilines is 1. The SMILES string of the molecule is CCOC(=O)COc1c(Cl)cc(/C=C2\C(=O)NC(=O)N(c3ccc(Br)c(C)c3)C2=O)cc1Cl. The summed E-state index contributed by atoms with van der Waals surface area (Å²) < 4.78 is 10.9. The van der Waals surface area contributed by atoms with Gasteiger partial charge in [-0.3, -0.25) is 14.9 Å². The topological polar surface area (TPSA) is 102 Å². The van der Waals surface area contributed by atoms with Crippen molar-refractivity contribution in [1.29, 1.82) is 0 Å². The van der Waals surface area contributed by atoms with Crippen molar-refractivity contribution in [1.82, 2.24) is 5.32 Å². The molecule has 1 saturated heterocycles. The number of amides is 4. The van der Waals surface area contributed by atoms with E-state index in [9.17, 15) is 19.2 Å². The van der Waals surface area contributed by atoms with E-state index in [1.807, 2.05) is 0 Å². The number of barbiturate groups is 1. The third-order valence-corrected chi connectivity index (χ3v) is 5.92. The summed E-state index contributed by atoms with van der Waals surface area (Å²) in [7, 11) is 0. The average molecular weight is 556 g/mol. The van der Waals surface area contributed by atoms with Crippen LogP contribution in [0.25, 0.3) is 6.08 Å². The van der Waals surface area contributed by atoms with Crippen LogP contribution in [0.5, 0.6) is 5.75 Å². The molecule has 0 aromatic heterocycles. The third-order valence-electron chi connectivity index (χ3n) is 4.47. The standard InChI is InChI=1S/C22H17BrCl2N2O6/c1-3-32-18(28)10-33-19-16(24)8-12(9-17(19)25)7-14-20(29)26-22(31)27(21(14)30)13-4-5-15(23)11(2)6-13/h4-9H,3,10H2,1-2H3,(H,26,29,31)/b14-7+. The molecule has 1 aliphatic rings. The van der Waals surface area contributed by atoms with Gasteiger partial charge in [0.25, 0.3) is 11.8 Å². The molecule has 0 atom stereocenters. The maximum atomic E-state index is 13.0. The first kappa shape index (κ1) is 24.8. The fourth-order valence-corrected chi connectivity index (χ4v) is 3.82. The molecule has 0 saturated carbocycles. The molecule has 8 nitrogen and oxygen atoms in total. The summed E-state index contributed by atoms with van der Waals surface area (Å²) >= 11 is 15.8. The van der Waals surface area contributed by atoms with Gasteiger partial charge in [0.2, 0.25) is 0 Å². The number of hydrogen-bond acceptors (Lipinski definition) is 6. The van der Waals surface area contributed by atoms with Gasteiger partial charge in [-0.25, -0.2) is 14.5 Å². The summed E-state index contributed by atoms with van der Waals surface area (Å²) in [6, 6.07) is 6.87. The molecule has 172 valence electrons. The number of hydrogen-bond donors (Lipinski definition) is 1. The highest BCUT2D eigenvalue weighted by Gasteiger charge is 2.37. The van der Waals surface area contributed by atoms with E-state index in [1.54, 1.807) is 32.0 Å². The lowest BCUT2D eigenvalue weighted by molar-refractivity contribution is -0.145. The second-order valence-electron chi connectivity index (χ2n) is 6.80. The number of ether oxygens (including phenoxy) is 2. The molecule has 4 amide bonds. The molecule has 1 N–H and O–H groups in total. The van der Waals surface area contributed by atoms with Gasteiger partial charge in [0.15, 0.2) is 12.4 Å². The Hall–Kier alpha value is -2.88. The second kappa shape index (κ2) is 10.4. The minimum Gasteiger partial charge on any atom is -0.479 e. The van der Waals surface area contributed by atoms with Gasteiger partial charge in [-0.05, 0) is 61.4 Å². The number of nitrogens with zero attached hydrogens (tertiary/aromatic N) is 1. The number of nitrogens with one attached hydrogen (secondary N) is 1. The van der Waals surface area contributed by atoms with Gasteiger partial charge in [-0.2, -0.15) is 0 Å².